The van der Waals surface area contributed by atoms with Crippen LogP contribution in [0.5, 0.6) is 6.08 Å². The molecular weight excluding hydrogens is 318 g/mol. The number of halogens is 1. The van der Waals surface area contributed by atoms with E-state index in [1.54, 1.807) is 36.4 Å². The fourth-order valence-corrected chi connectivity index (χ4v) is 2.15. The Balaban J connectivity index is 1.68. The third kappa shape index (κ3) is 3.49. The molecule has 3 rings (SSSR count). The van der Waals surface area contributed by atoms with Crippen LogP contribution in [0.2, 0.25) is 5.02 Å². The number of benzene rings is 2. The molecule has 1 amide bonds. The van der Waals surface area contributed by atoms with Crippen LogP contribution in [0.3, 0.4) is 0 Å². The van der Waals surface area contributed by atoms with Gasteiger partial charge in [0, 0.05) is 11.1 Å². The molecule has 0 saturated carbocycles. The summed E-state index contributed by atoms with van der Waals surface area (Å²) >= 11 is 6.08. The van der Waals surface area contributed by atoms with Gasteiger partial charge in [-0.2, -0.15) is 4.98 Å². The Morgan fingerprint density at radius 1 is 1.17 bits per heavy atom. The second-order valence-corrected chi connectivity index (χ2v) is 5.12. The summed E-state index contributed by atoms with van der Waals surface area (Å²) in [5.74, 6) is -0.117. The highest BCUT2D eigenvalue weighted by atomic mass is 35.5. The lowest BCUT2D eigenvalue weighted by atomic mass is 10.1. The first-order valence-electron chi connectivity index (χ1n) is 6.73. The zero-order valence-corrected chi connectivity index (χ0v) is 12.7. The van der Waals surface area contributed by atoms with Gasteiger partial charge in [0.1, 0.15) is 6.61 Å². The monoisotopic (exact) mass is 329 g/mol. The predicted octanol–water partition coefficient (Wildman–Crippen LogP) is 3.07. The standard InChI is InChI=1S/C16H12ClN3O3/c17-13-4-2-1-3-12(13)15-19-16(23-20-15)22-9-10-5-7-11(8-6-10)14(18)21/h1-8H,9H2,(H2,18,21). The van der Waals surface area contributed by atoms with Crippen molar-refractivity contribution in [2.24, 2.45) is 5.73 Å². The van der Waals surface area contributed by atoms with Gasteiger partial charge >= 0.3 is 6.08 Å². The Morgan fingerprint density at radius 3 is 2.61 bits per heavy atom. The van der Waals surface area contributed by atoms with Gasteiger partial charge in [-0.3, -0.25) is 9.32 Å². The van der Waals surface area contributed by atoms with Crippen molar-refractivity contribution in [3.05, 3.63) is 64.7 Å². The normalized spacial score (nSPS) is 10.5. The van der Waals surface area contributed by atoms with Crippen molar-refractivity contribution in [1.29, 1.82) is 0 Å². The van der Waals surface area contributed by atoms with Gasteiger partial charge in [-0.05, 0) is 29.8 Å². The molecule has 23 heavy (non-hydrogen) atoms. The lowest BCUT2D eigenvalue weighted by molar-refractivity contribution is 0.1000. The first-order valence-corrected chi connectivity index (χ1v) is 7.11. The van der Waals surface area contributed by atoms with E-state index in [4.69, 9.17) is 26.6 Å². The molecule has 0 unspecified atom stereocenters. The lowest BCUT2D eigenvalue weighted by Gasteiger charge is -2.02. The van der Waals surface area contributed by atoms with Gasteiger partial charge in [0.05, 0.1) is 5.02 Å². The topological polar surface area (TPSA) is 91.2 Å². The summed E-state index contributed by atoms with van der Waals surface area (Å²) in [7, 11) is 0. The molecule has 1 heterocycles. The molecule has 0 radical (unpaired) electrons. The van der Waals surface area contributed by atoms with Gasteiger partial charge in [0.25, 0.3) is 0 Å². The van der Waals surface area contributed by atoms with E-state index in [0.717, 1.165) is 5.56 Å². The molecule has 0 atom stereocenters. The maximum Gasteiger partial charge on any atom is 0.417 e. The van der Waals surface area contributed by atoms with Crippen LogP contribution in [0.15, 0.2) is 53.1 Å². The van der Waals surface area contributed by atoms with Crippen molar-refractivity contribution in [1.82, 2.24) is 10.1 Å². The first-order chi connectivity index (χ1) is 11.1. The SMILES string of the molecule is NC(=O)c1ccc(COc2nc(-c3ccccc3Cl)no2)cc1. The Bertz CT molecular complexity index is 831. The van der Waals surface area contributed by atoms with Gasteiger partial charge in [-0.1, -0.05) is 41.0 Å². The van der Waals surface area contributed by atoms with Crippen LogP contribution in [-0.2, 0) is 6.61 Å². The minimum Gasteiger partial charge on any atom is -0.444 e. The molecular formula is C16H12ClN3O3. The van der Waals surface area contributed by atoms with Crippen molar-refractivity contribution >= 4 is 17.5 Å². The molecule has 0 aliphatic carbocycles. The van der Waals surface area contributed by atoms with E-state index in [2.05, 4.69) is 10.1 Å². The summed E-state index contributed by atoms with van der Waals surface area (Å²) < 4.78 is 10.5. The second-order valence-electron chi connectivity index (χ2n) is 4.71. The fraction of sp³-hybridized carbons (Fsp3) is 0.0625. The summed E-state index contributed by atoms with van der Waals surface area (Å²) in [6.07, 6.45) is 0.0406. The minimum atomic E-state index is -0.473. The molecule has 116 valence electrons. The maximum atomic E-state index is 11.0. The molecule has 2 N–H and O–H groups in total. The van der Waals surface area contributed by atoms with Gasteiger partial charge in [-0.25, -0.2) is 0 Å². The zero-order valence-electron chi connectivity index (χ0n) is 11.9. The molecule has 0 aliphatic heterocycles. The van der Waals surface area contributed by atoms with Crippen LogP contribution < -0.4 is 10.5 Å². The average Bonchev–Trinajstić information content (AvgIpc) is 3.02. The zero-order chi connectivity index (χ0) is 16.2. The molecule has 0 bridgehead atoms. The van der Waals surface area contributed by atoms with E-state index in [0.29, 0.717) is 22.0 Å². The average molecular weight is 330 g/mol. The Morgan fingerprint density at radius 2 is 1.91 bits per heavy atom. The number of nitrogens with zero attached hydrogens (tertiary/aromatic N) is 2. The van der Waals surface area contributed by atoms with Crippen molar-refractivity contribution in [2.45, 2.75) is 6.61 Å². The van der Waals surface area contributed by atoms with Gasteiger partial charge in [0.2, 0.25) is 11.7 Å². The van der Waals surface area contributed by atoms with Crippen LogP contribution in [0.1, 0.15) is 15.9 Å². The first kappa shape index (κ1) is 15.1. The molecule has 0 fully saturated rings. The predicted molar refractivity (Wildman–Crippen MR) is 84.0 cm³/mol. The minimum absolute atomic E-state index is 0.0406. The van der Waals surface area contributed by atoms with Crippen molar-refractivity contribution in [3.63, 3.8) is 0 Å². The number of ether oxygens (including phenoxy) is 1. The molecule has 7 heteroatoms. The smallest absolute Gasteiger partial charge is 0.417 e. The molecule has 0 spiro atoms. The van der Waals surface area contributed by atoms with Crippen LogP contribution >= 0.6 is 11.6 Å². The Labute approximate surface area is 136 Å². The van der Waals surface area contributed by atoms with Crippen LogP contribution in [-0.4, -0.2) is 16.0 Å². The number of carbonyl (C=O) groups is 1. The molecule has 1 aromatic heterocycles. The molecule has 0 aliphatic rings. The van der Waals surface area contributed by atoms with Gasteiger partial charge < -0.3 is 10.5 Å². The van der Waals surface area contributed by atoms with Crippen molar-refractivity contribution in [2.75, 3.05) is 0 Å². The highest BCUT2D eigenvalue weighted by molar-refractivity contribution is 6.33. The third-order valence-corrected chi connectivity index (χ3v) is 3.45. The van der Waals surface area contributed by atoms with Crippen LogP contribution in [0.4, 0.5) is 0 Å². The number of carbonyl (C=O) groups excluding carboxylic acids is 1. The summed E-state index contributed by atoms with van der Waals surface area (Å²) in [6.45, 7) is 0.225. The number of rotatable bonds is 5. The number of amides is 1. The van der Waals surface area contributed by atoms with E-state index in [-0.39, 0.29) is 12.7 Å². The van der Waals surface area contributed by atoms with Crippen molar-refractivity contribution in [3.8, 4) is 17.5 Å². The highest BCUT2D eigenvalue weighted by Gasteiger charge is 2.12. The van der Waals surface area contributed by atoms with E-state index in [9.17, 15) is 4.79 Å². The molecule has 2 aromatic carbocycles. The van der Waals surface area contributed by atoms with Crippen molar-refractivity contribution < 1.29 is 14.1 Å². The quantitative estimate of drug-likeness (QED) is 0.776. The number of nitrogens with two attached hydrogens (primary N) is 1. The molecule has 0 saturated heterocycles. The molecule has 6 nitrogen and oxygen atoms in total. The maximum absolute atomic E-state index is 11.0. The largest absolute Gasteiger partial charge is 0.444 e. The Hall–Kier alpha value is -2.86. The summed E-state index contributed by atoms with van der Waals surface area (Å²) in [4.78, 5) is 15.1. The van der Waals surface area contributed by atoms with Crippen LogP contribution in [0, 0.1) is 0 Å². The second kappa shape index (κ2) is 6.50. The number of aromatic nitrogens is 2. The summed E-state index contributed by atoms with van der Waals surface area (Å²) in [5.41, 5.74) is 7.13. The van der Waals surface area contributed by atoms with E-state index in [1.165, 1.54) is 0 Å². The van der Waals surface area contributed by atoms with Gasteiger partial charge in [0.15, 0.2) is 0 Å². The third-order valence-electron chi connectivity index (χ3n) is 3.12. The van der Waals surface area contributed by atoms with Gasteiger partial charge in [-0.15, -0.1) is 0 Å². The van der Waals surface area contributed by atoms with E-state index >= 15 is 0 Å². The number of primary amides is 1. The lowest BCUT2D eigenvalue weighted by Crippen LogP contribution is -2.10. The molecule has 3 aromatic rings. The number of hydrogen-bond donors (Lipinski definition) is 1. The Kier molecular flexibility index (Phi) is 4.25. The fourth-order valence-electron chi connectivity index (χ4n) is 1.93. The summed E-state index contributed by atoms with van der Waals surface area (Å²) in [5, 5.41) is 4.37. The summed E-state index contributed by atoms with van der Waals surface area (Å²) in [6, 6.07) is 13.9. The van der Waals surface area contributed by atoms with Crippen LogP contribution in [0.25, 0.3) is 11.4 Å². The van der Waals surface area contributed by atoms with E-state index in [1.807, 2.05) is 12.1 Å². The highest BCUT2D eigenvalue weighted by Crippen LogP contribution is 2.26. The van der Waals surface area contributed by atoms with E-state index < -0.39 is 5.91 Å². The number of hydrogen-bond acceptors (Lipinski definition) is 5.